The molecular formula is C49H46BrCl2NO2S4. The Morgan fingerprint density at radius 1 is 0.712 bits per heavy atom. The lowest BCUT2D eigenvalue weighted by molar-refractivity contribution is 0.322. The van der Waals surface area contributed by atoms with E-state index in [1.807, 2.05) is 78.9 Å². The second-order valence-corrected chi connectivity index (χ2v) is 19.7. The smallest absolute Gasteiger partial charge is 0.119 e. The zero-order valence-corrected chi connectivity index (χ0v) is 39.5. The van der Waals surface area contributed by atoms with Crippen LogP contribution < -0.4 is 4.74 Å². The molecule has 1 heterocycles. The van der Waals surface area contributed by atoms with E-state index in [4.69, 9.17) is 40.6 Å². The maximum Gasteiger partial charge on any atom is 0.119 e. The Bertz CT molecular complexity index is 2350. The van der Waals surface area contributed by atoms with Crippen LogP contribution in [0.2, 0.25) is 10.0 Å². The number of hydrogen-bond acceptors (Lipinski definition) is 7. The third-order valence-electron chi connectivity index (χ3n) is 9.51. The van der Waals surface area contributed by atoms with Crippen LogP contribution in [0.3, 0.4) is 0 Å². The van der Waals surface area contributed by atoms with E-state index in [-0.39, 0.29) is 5.75 Å². The molecular weight excluding hydrogens is 914 g/mol. The van der Waals surface area contributed by atoms with Gasteiger partial charge in [-0.2, -0.15) is 0 Å². The van der Waals surface area contributed by atoms with Gasteiger partial charge in [-0.05, 0) is 118 Å². The number of benzene rings is 6. The largest absolute Gasteiger partial charge is 0.508 e. The van der Waals surface area contributed by atoms with Gasteiger partial charge in [-0.25, -0.2) is 0 Å². The predicted octanol–water partition coefficient (Wildman–Crippen LogP) is 16.5. The van der Waals surface area contributed by atoms with Crippen LogP contribution in [0.5, 0.6) is 11.5 Å². The van der Waals surface area contributed by atoms with Gasteiger partial charge in [0.15, 0.2) is 0 Å². The summed E-state index contributed by atoms with van der Waals surface area (Å²) in [6, 6.07) is 48.5. The van der Waals surface area contributed by atoms with Crippen molar-refractivity contribution < 1.29 is 9.84 Å². The number of phenols is 1. The Labute approximate surface area is 386 Å². The summed E-state index contributed by atoms with van der Waals surface area (Å²) in [4.78, 5) is 4.03. The van der Waals surface area contributed by atoms with Gasteiger partial charge in [0, 0.05) is 52.5 Å². The number of halogens is 3. The number of nitrogens with zero attached hydrogens (tertiary/aromatic N) is 1. The van der Waals surface area contributed by atoms with Crippen LogP contribution >= 0.6 is 87.6 Å². The lowest BCUT2D eigenvalue weighted by Crippen LogP contribution is -2.01. The van der Waals surface area contributed by atoms with Crippen LogP contribution in [0.1, 0.15) is 60.6 Å². The van der Waals surface area contributed by atoms with Gasteiger partial charge >= 0.3 is 0 Å². The summed E-state index contributed by atoms with van der Waals surface area (Å²) in [6.07, 6.45) is 3.04. The van der Waals surface area contributed by atoms with E-state index in [0.717, 1.165) is 82.8 Å². The van der Waals surface area contributed by atoms with Gasteiger partial charge in [-0.3, -0.25) is 0 Å². The molecule has 6 aromatic rings. The molecule has 0 aliphatic carbocycles. The van der Waals surface area contributed by atoms with Crippen molar-refractivity contribution in [3.63, 3.8) is 0 Å². The molecule has 304 valence electrons. The Balaban J connectivity index is 0.00000110. The molecule has 0 spiro atoms. The average molecular weight is 960 g/mol. The molecule has 0 unspecified atom stereocenters. The van der Waals surface area contributed by atoms with Gasteiger partial charge in [0.25, 0.3) is 0 Å². The zero-order chi connectivity index (χ0) is 41.7. The number of thiol groups is 1. The molecule has 0 amide bonds. The Kier molecular flexibility index (Phi) is 17.4. The van der Waals surface area contributed by atoms with Crippen molar-refractivity contribution in [3.05, 3.63) is 189 Å². The van der Waals surface area contributed by atoms with Gasteiger partial charge in [-0.1, -0.05) is 176 Å². The van der Waals surface area contributed by atoms with Crippen LogP contribution in [-0.4, -0.2) is 20.2 Å². The van der Waals surface area contributed by atoms with Crippen LogP contribution in [0.15, 0.2) is 146 Å². The molecule has 1 aliphatic rings. The molecule has 0 saturated heterocycles. The van der Waals surface area contributed by atoms with Crippen LogP contribution in [0.25, 0.3) is 30.7 Å². The number of ether oxygens (including phenoxy) is 1. The second kappa shape index (κ2) is 22.6. The maximum atomic E-state index is 9.59. The normalized spacial score (nSPS) is 13.3. The number of hydrogen-bond donors (Lipinski definition) is 2. The summed E-state index contributed by atoms with van der Waals surface area (Å²) in [5.41, 5.74) is 8.62. The summed E-state index contributed by atoms with van der Waals surface area (Å²) < 4.78 is 8.33. The maximum absolute atomic E-state index is 9.59. The molecule has 3 nitrogen and oxygen atoms in total. The highest BCUT2D eigenvalue weighted by Crippen LogP contribution is 2.60. The highest BCUT2D eigenvalue weighted by molar-refractivity contribution is 9.09. The summed E-state index contributed by atoms with van der Waals surface area (Å²) in [5, 5.41) is 11.9. The van der Waals surface area contributed by atoms with E-state index in [1.54, 1.807) is 48.0 Å². The average Bonchev–Trinajstić information content (AvgIpc) is 3.68. The SMILES string of the molecule is CCC(C)C.Oc1ccc(-c2ccc(OCCc3ccc(/C(SN4SC(c5ccc(CCBr)cc5)=C(c5ccccc5Cl)S4)=C(/S)c4ccccc4Cl)cc3)cc2)cc1. The fourth-order valence-electron chi connectivity index (χ4n) is 5.81. The molecule has 0 fully saturated rings. The number of aryl methyl sites for hydroxylation is 1. The number of aromatic hydroxyl groups is 1. The number of phenolic OH excluding ortho intramolecular Hbond substituents is 1. The fraction of sp³-hybridized carbons (Fsp3) is 0.184. The standard InChI is InChI=1S/C44H34BrCl2NO2S4.C5H12/c45-27-25-29-9-15-34(16-10-29)43-44(38-6-2-4-8-40(38)47)54-48(53-43)52-42(41(51)37-5-1-3-7-39(37)46)33-13-11-30(12-14-33)26-28-50-36-23-19-32(20-24-36)31-17-21-35(49)22-18-31;1-4-5(2)3/h1-24,49,51H,25-28H2;5H,4H2,1-3H3/b42-41-;. The van der Waals surface area contributed by atoms with E-state index in [2.05, 4.69) is 94.4 Å². The minimum Gasteiger partial charge on any atom is -0.508 e. The second-order valence-electron chi connectivity index (χ2n) is 14.1. The summed E-state index contributed by atoms with van der Waals surface area (Å²) in [5.74, 6) is 1.95. The highest BCUT2D eigenvalue weighted by atomic mass is 79.9. The first-order chi connectivity index (χ1) is 28.6. The van der Waals surface area contributed by atoms with Gasteiger partial charge in [-0.15, -0.1) is 15.7 Å². The van der Waals surface area contributed by atoms with E-state index < -0.39 is 0 Å². The van der Waals surface area contributed by atoms with Gasteiger partial charge in [0.1, 0.15) is 11.5 Å². The molecule has 0 aromatic heterocycles. The van der Waals surface area contributed by atoms with Gasteiger partial charge in [0.2, 0.25) is 0 Å². The molecule has 0 radical (unpaired) electrons. The van der Waals surface area contributed by atoms with E-state index >= 15 is 0 Å². The molecule has 0 bridgehead atoms. The molecule has 7 rings (SSSR count). The fourth-order valence-corrected chi connectivity index (χ4v) is 11.1. The third-order valence-corrected chi connectivity index (χ3v) is 15.0. The van der Waals surface area contributed by atoms with Crippen molar-refractivity contribution in [1.82, 2.24) is 3.12 Å². The Morgan fingerprint density at radius 3 is 1.86 bits per heavy atom. The molecule has 6 aromatic carbocycles. The molecule has 0 saturated carbocycles. The topological polar surface area (TPSA) is 32.7 Å². The lowest BCUT2D eigenvalue weighted by Gasteiger charge is -2.18. The van der Waals surface area contributed by atoms with E-state index in [9.17, 15) is 5.11 Å². The summed E-state index contributed by atoms with van der Waals surface area (Å²) >= 11 is 27.2. The molecule has 0 atom stereocenters. The van der Waals surface area contributed by atoms with Crippen molar-refractivity contribution in [2.24, 2.45) is 5.92 Å². The zero-order valence-electron chi connectivity index (χ0n) is 33.1. The van der Waals surface area contributed by atoms with Crippen molar-refractivity contribution >= 4 is 107 Å². The first kappa shape index (κ1) is 45.3. The van der Waals surface area contributed by atoms with Crippen molar-refractivity contribution in [3.8, 4) is 22.6 Å². The first-order valence-corrected chi connectivity index (χ1v) is 24.1. The minimum absolute atomic E-state index is 0.256. The van der Waals surface area contributed by atoms with Crippen molar-refractivity contribution in [2.75, 3.05) is 11.9 Å². The number of rotatable bonds is 14. The summed E-state index contributed by atoms with van der Waals surface area (Å²) in [7, 11) is 0. The predicted molar refractivity (Wildman–Crippen MR) is 268 cm³/mol. The minimum atomic E-state index is 0.256. The summed E-state index contributed by atoms with van der Waals surface area (Å²) in [6.45, 7) is 7.19. The van der Waals surface area contributed by atoms with Crippen LogP contribution in [0, 0.1) is 5.92 Å². The van der Waals surface area contributed by atoms with Crippen LogP contribution in [0.4, 0.5) is 0 Å². The van der Waals surface area contributed by atoms with Crippen molar-refractivity contribution in [1.29, 1.82) is 0 Å². The monoisotopic (exact) mass is 957 g/mol. The lowest BCUT2D eigenvalue weighted by atomic mass is 10.1. The molecule has 10 heteroatoms. The molecule has 1 N–H and O–H groups in total. The first-order valence-electron chi connectivity index (χ1n) is 19.4. The Hall–Kier alpha value is -3.18. The quantitative estimate of drug-likeness (QED) is 0.0490. The van der Waals surface area contributed by atoms with E-state index in [1.165, 1.54) is 17.5 Å². The number of alkyl halides is 1. The van der Waals surface area contributed by atoms with E-state index in [0.29, 0.717) is 16.7 Å². The third kappa shape index (κ3) is 12.7. The van der Waals surface area contributed by atoms with Crippen molar-refractivity contribution in [2.45, 2.75) is 40.0 Å². The van der Waals surface area contributed by atoms with Gasteiger partial charge < -0.3 is 9.84 Å². The highest BCUT2D eigenvalue weighted by Gasteiger charge is 2.30. The molecule has 1 aliphatic heterocycles. The van der Waals surface area contributed by atoms with Gasteiger partial charge in [0.05, 0.1) is 6.61 Å². The Morgan fingerprint density at radius 2 is 1.25 bits per heavy atom. The van der Waals surface area contributed by atoms with Crippen LogP contribution in [-0.2, 0) is 12.8 Å². The molecule has 59 heavy (non-hydrogen) atoms.